The summed E-state index contributed by atoms with van der Waals surface area (Å²) in [4.78, 5) is 28.8. The van der Waals surface area contributed by atoms with Gasteiger partial charge in [-0.15, -0.1) is 0 Å². The molecule has 136 valence electrons. The summed E-state index contributed by atoms with van der Waals surface area (Å²) in [5.74, 6) is 0.478. The fraction of sp³-hybridized carbons (Fsp3) is 0.333. The predicted octanol–water partition coefficient (Wildman–Crippen LogP) is 1.02. The van der Waals surface area contributed by atoms with Gasteiger partial charge in [0.2, 0.25) is 5.91 Å². The van der Waals surface area contributed by atoms with Crippen LogP contribution in [0, 0.1) is 6.92 Å². The highest BCUT2D eigenvalue weighted by Crippen LogP contribution is 2.12. The Hall–Kier alpha value is -3.16. The average Bonchev–Trinajstić information content (AvgIpc) is 2.97. The van der Waals surface area contributed by atoms with Gasteiger partial charge in [0.25, 0.3) is 5.56 Å². The van der Waals surface area contributed by atoms with Crippen LogP contribution in [0.25, 0.3) is 11.0 Å². The number of ether oxygens (including phenoxy) is 1. The second kappa shape index (κ2) is 7.38. The molecular formula is C18H21N5O3. The lowest BCUT2D eigenvalue weighted by atomic mass is 10.2. The van der Waals surface area contributed by atoms with Crippen LogP contribution in [-0.2, 0) is 18.4 Å². The average molecular weight is 355 g/mol. The lowest BCUT2D eigenvalue weighted by Crippen LogP contribution is -2.40. The van der Waals surface area contributed by atoms with Crippen molar-refractivity contribution >= 4 is 16.9 Å². The minimum atomic E-state index is -0.290. The predicted molar refractivity (Wildman–Crippen MR) is 97.0 cm³/mol. The first-order chi connectivity index (χ1) is 12.4. The topological polar surface area (TPSA) is 91.0 Å². The number of benzene rings is 1. The number of hydrogen-bond acceptors (Lipinski definition) is 5. The number of nitrogens with zero attached hydrogens (tertiary/aromatic N) is 4. The molecule has 0 aliphatic rings. The molecule has 1 atom stereocenters. The van der Waals surface area contributed by atoms with Gasteiger partial charge in [-0.1, -0.05) is 12.1 Å². The normalized spacial score (nSPS) is 12.1. The molecule has 0 spiro atoms. The third kappa shape index (κ3) is 3.90. The van der Waals surface area contributed by atoms with Crippen LogP contribution in [0.3, 0.4) is 0 Å². The minimum absolute atomic E-state index is 0.106. The molecule has 0 aliphatic carbocycles. The Morgan fingerprint density at radius 3 is 2.96 bits per heavy atom. The van der Waals surface area contributed by atoms with E-state index in [1.165, 1.54) is 21.8 Å². The maximum atomic E-state index is 12.4. The molecule has 3 aromatic rings. The number of carbonyl (C=O) groups is 1. The molecule has 0 saturated heterocycles. The molecule has 8 heteroatoms. The second-order valence-electron chi connectivity index (χ2n) is 6.28. The summed E-state index contributed by atoms with van der Waals surface area (Å²) in [5.41, 5.74) is 1.31. The Labute approximate surface area is 150 Å². The molecule has 1 amide bonds. The van der Waals surface area contributed by atoms with Crippen LogP contribution in [0.1, 0.15) is 12.5 Å². The van der Waals surface area contributed by atoms with Gasteiger partial charge in [0.15, 0.2) is 5.65 Å². The van der Waals surface area contributed by atoms with Crippen molar-refractivity contribution in [3.63, 3.8) is 0 Å². The van der Waals surface area contributed by atoms with Crippen LogP contribution in [0.5, 0.6) is 5.75 Å². The van der Waals surface area contributed by atoms with Gasteiger partial charge in [-0.3, -0.25) is 18.8 Å². The van der Waals surface area contributed by atoms with Gasteiger partial charge in [0.1, 0.15) is 30.6 Å². The number of carbonyl (C=O) groups excluding carboxylic acids is 1. The first-order valence-corrected chi connectivity index (χ1v) is 8.30. The highest BCUT2D eigenvalue weighted by Gasteiger charge is 2.13. The molecule has 1 aromatic carbocycles. The van der Waals surface area contributed by atoms with Crippen LogP contribution in [0.4, 0.5) is 0 Å². The van der Waals surface area contributed by atoms with E-state index in [1.807, 2.05) is 38.1 Å². The van der Waals surface area contributed by atoms with Gasteiger partial charge in [-0.25, -0.2) is 4.98 Å². The first-order valence-electron chi connectivity index (χ1n) is 8.30. The summed E-state index contributed by atoms with van der Waals surface area (Å²) in [6.45, 7) is 4.07. The van der Waals surface area contributed by atoms with Gasteiger partial charge >= 0.3 is 0 Å². The molecule has 26 heavy (non-hydrogen) atoms. The fourth-order valence-corrected chi connectivity index (χ4v) is 2.62. The van der Waals surface area contributed by atoms with Crippen molar-refractivity contribution in [3.05, 3.63) is 52.7 Å². The standard InChI is InChI=1S/C18H21N5O3/c1-12-5-4-6-14(7-12)26-10-13(2)21-16(24)9-23-11-19-17-15(18(23)25)8-20-22(17)3/h4-8,11,13H,9-10H2,1-3H3,(H,21,24). The van der Waals surface area contributed by atoms with Crippen LogP contribution in [-0.4, -0.2) is 37.9 Å². The molecule has 0 fully saturated rings. The largest absolute Gasteiger partial charge is 0.491 e. The summed E-state index contributed by atoms with van der Waals surface area (Å²) in [5, 5.41) is 7.22. The zero-order valence-corrected chi connectivity index (χ0v) is 15.0. The third-order valence-corrected chi connectivity index (χ3v) is 3.93. The van der Waals surface area contributed by atoms with Crippen molar-refractivity contribution in [3.8, 4) is 5.75 Å². The van der Waals surface area contributed by atoms with Crippen LogP contribution in [0.15, 0.2) is 41.6 Å². The van der Waals surface area contributed by atoms with E-state index in [2.05, 4.69) is 15.4 Å². The van der Waals surface area contributed by atoms with Gasteiger partial charge in [-0.05, 0) is 31.5 Å². The quantitative estimate of drug-likeness (QED) is 0.713. The van der Waals surface area contributed by atoms with E-state index < -0.39 is 0 Å². The van der Waals surface area contributed by atoms with E-state index in [0.29, 0.717) is 17.6 Å². The molecule has 1 N–H and O–H groups in total. The lowest BCUT2D eigenvalue weighted by Gasteiger charge is -2.15. The van der Waals surface area contributed by atoms with Crippen molar-refractivity contribution in [2.45, 2.75) is 26.4 Å². The minimum Gasteiger partial charge on any atom is -0.491 e. The van der Waals surface area contributed by atoms with E-state index in [0.717, 1.165) is 11.3 Å². The molecule has 2 aromatic heterocycles. The Morgan fingerprint density at radius 1 is 1.38 bits per heavy atom. The highest BCUT2D eigenvalue weighted by atomic mass is 16.5. The Balaban J connectivity index is 1.58. The molecule has 2 heterocycles. The zero-order valence-electron chi connectivity index (χ0n) is 15.0. The summed E-state index contributed by atoms with van der Waals surface area (Å²) in [6, 6.07) is 7.51. The monoisotopic (exact) mass is 355 g/mol. The van der Waals surface area contributed by atoms with Gasteiger partial charge in [0.05, 0.1) is 12.2 Å². The third-order valence-electron chi connectivity index (χ3n) is 3.93. The molecule has 1 unspecified atom stereocenters. The number of nitrogens with one attached hydrogen (secondary N) is 1. The molecule has 8 nitrogen and oxygen atoms in total. The van der Waals surface area contributed by atoms with Crippen LogP contribution >= 0.6 is 0 Å². The number of amides is 1. The smallest absolute Gasteiger partial charge is 0.264 e. The Morgan fingerprint density at radius 2 is 2.19 bits per heavy atom. The Kier molecular flexibility index (Phi) is 5.01. The van der Waals surface area contributed by atoms with Crippen LogP contribution in [0.2, 0.25) is 0 Å². The van der Waals surface area contributed by atoms with E-state index in [1.54, 1.807) is 7.05 Å². The van der Waals surface area contributed by atoms with Crippen molar-refractivity contribution in [1.29, 1.82) is 0 Å². The van der Waals surface area contributed by atoms with Crippen molar-refractivity contribution < 1.29 is 9.53 Å². The molecule has 3 rings (SSSR count). The molecule has 0 saturated carbocycles. The van der Waals surface area contributed by atoms with Crippen molar-refractivity contribution in [2.24, 2.45) is 7.05 Å². The molecule has 0 radical (unpaired) electrons. The van der Waals surface area contributed by atoms with Crippen molar-refractivity contribution in [1.82, 2.24) is 24.6 Å². The van der Waals surface area contributed by atoms with E-state index in [4.69, 9.17) is 4.74 Å². The maximum Gasteiger partial charge on any atom is 0.264 e. The number of aromatic nitrogens is 4. The summed E-state index contributed by atoms with van der Waals surface area (Å²) in [7, 11) is 1.71. The zero-order chi connectivity index (χ0) is 18.7. The maximum absolute atomic E-state index is 12.4. The van der Waals surface area contributed by atoms with E-state index in [-0.39, 0.29) is 24.1 Å². The van der Waals surface area contributed by atoms with Gasteiger partial charge in [-0.2, -0.15) is 5.10 Å². The van der Waals surface area contributed by atoms with Crippen LogP contribution < -0.4 is 15.6 Å². The summed E-state index contributed by atoms with van der Waals surface area (Å²) >= 11 is 0. The van der Waals surface area contributed by atoms with Gasteiger partial charge < -0.3 is 10.1 Å². The first kappa shape index (κ1) is 17.7. The highest BCUT2D eigenvalue weighted by molar-refractivity contribution is 5.77. The number of hydrogen-bond donors (Lipinski definition) is 1. The Bertz CT molecular complexity index is 992. The molecule has 0 aliphatic heterocycles. The van der Waals surface area contributed by atoms with E-state index >= 15 is 0 Å². The number of aryl methyl sites for hydroxylation is 2. The van der Waals surface area contributed by atoms with Crippen molar-refractivity contribution in [2.75, 3.05) is 6.61 Å². The lowest BCUT2D eigenvalue weighted by molar-refractivity contribution is -0.122. The van der Waals surface area contributed by atoms with Gasteiger partial charge in [0, 0.05) is 7.05 Å². The number of fused-ring (bicyclic) bond motifs is 1. The molecule has 0 bridgehead atoms. The summed E-state index contributed by atoms with van der Waals surface area (Å²) < 4.78 is 8.47. The SMILES string of the molecule is Cc1cccc(OCC(C)NC(=O)Cn2cnc3c(cnn3C)c2=O)c1. The summed E-state index contributed by atoms with van der Waals surface area (Å²) in [6.07, 6.45) is 2.82. The number of rotatable bonds is 6. The fourth-order valence-electron chi connectivity index (χ4n) is 2.62. The van der Waals surface area contributed by atoms with E-state index in [9.17, 15) is 9.59 Å². The second-order valence-corrected chi connectivity index (χ2v) is 6.28. The molecular weight excluding hydrogens is 334 g/mol.